The summed E-state index contributed by atoms with van der Waals surface area (Å²) < 4.78 is 2.45. The van der Waals surface area contributed by atoms with Crippen molar-refractivity contribution in [1.82, 2.24) is 9.55 Å². The van der Waals surface area contributed by atoms with Crippen molar-refractivity contribution in [3.05, 3.63) is 45.7 Å². The second-order valence-corrected chi connectivity index (χ2v) is 10.2. The maximum atomic E-state index is 13.6. The number of hydrogen-bond donors (Lipinski definition) is 0. The molecule has 2 saturated carbocycles. The number of hydrogen-bond acceptors (Lipinski definition) is 3. The topological polar surface area (TPSA) is 34.9 Å². The molecule has 4 heteroatoms. The van der Waals surface area contributed by atoms with E-state index in [4.69, 9.17) is 11.4 Å². The Kier molecular flexibility index (Phi) is 5.50. The Morgan fingerprint density at radius 1 is 1.10 bits per heavy atom. The van der Waals surface area contributed by atoms with Crippen LogP contribution in [0.2, 0.25) is 0 Å². The predicted molar refractivity (Wildman–Crippen MR) is 124 cm³/mol. The van der Waals surface area contributed by atoms with E-state index in [-0.39, 0.29) is 11.0 Å². The minimum absolute atomic E-state index is 0.00650. The van der Waals surface area contributed by atoms with Crippen molar-refractivity contribution in [1.29, 1.82) is 0 Å². The van der Waals surface area contributed by atoms with E-state index in [0.29, 0.717) is 11.8 Å². The first-order chi connectivity index (χ1) is 14.7. The summed E-state index contributed by atoms with van der Waals surface area (Å²) in [5, 5.41) is 0.825. The summed E-state index contributed by atoms with van der Waals surface area (Å²) in [6.07, 6.45) is 18.6. The first kappa shape index (κ1) is 19.9. The molecule has 0 amide bonds. The number of rotatable bonds is 3. The van der Waals surface area contributed by atoms with Crippen LogP contribution in [0.15, 0.2) is 34.2 Å². The van der Waals surface area contributed by atoms with Gasteiger partial charge in [-0.15, -0.1) is 6.42 Å². The smallest absolute Gasteiger partial charge is 0.278 e. The largest absolute Gasteiger partial charge is 0.317 e. The highest BCUT2D eigenvalue weighted by atomic mass is 32.2. The Labute approximate surface area is 183 Å². The summed E-state index contributed by atoms with van der Waals surface area (Å²) in [5.41, 5.74) is 4.78. The molecule has 3 aliphatic carbocycles. The van der Waals surface area contributed by atoms with Crippen LogP contribution >= 0.6 is 11.8 Å². The van der Waals surface area contributed by atoms with Crippen LogP contribution in [-0.4, -0.2) is 15.3 Å². The van der Waals surface area contributed by atoms with Crippen molar-refractivity contribution in [2.24, 2.45) is 0 Å². The molecule has 30 heavy (non-hydrogen) atoms. The van der Waals surface area contributed by atoms with E-state index in [1.807, 2.05) is 0 Å². The van der Waals surface area contributed by atoms with Gasteiger partial charge < -0.3 is 4.57 Å². The number of nitrogens with zero attached hydrogens (tertiary/aromatic N) is 2. The van der Waals surface area contributed by atoms with E-state index in [2.05, 4.69) is 34.8 Å². The van der Waals surface area contributed by atoms with Gasteiger partial charge in [-0.05, 0) is 37.7 Å². The lowest BCUT2D eigenvalue weighted by molar-refractivity contribution is 0.275. The molecule has 1 heterocycles. The van der Waals surface area contributed by atoms with Crippen molar-refractivity contribution in [2.45, 2.75) is 87.2 Å². The predicted octanol–water partition coefficient (Wildman–Crippen LogP) is 5.90. The van der Waals surface area contributed by atoms with E-state index in [9.17, 15) is 4.79 Å². The van der Waals surface area contributed by atoms with Crippen molar-refractivity contribution in [2.75, 3.05) is 5.75 Å². The zero-order valence-corrected chi connectivity index (χ0v) is 18.5. The SMILES string of the molecule is C#CCSc1nc(=O)c2c(n1C1CCCCC1)-c1ccccc1CC21CCCCC1. The molecule has 0 unspecified atom stereocenters. The molecule has 0 saturated heterocycles. The van der Waals surface area contributed by atoms with Crippen molar-refractivity contribution in [3.8, 4) is 23.6 Å². The molecule has 1 spiro atoms. The van der Waals surface area contributed by atoms with Gasteiger partial charge in [-0.2, -0.15) is 4.98 Å². The molecular weight excluding hydrogens is 388 g/mol. The molecule has 3 nitrogen and oxygen atoms in total. The van der Waals surface area contributed by atoms with Crippen LogP contribution in [0, 0.1) is 12.3 Å². The Hall–Kier alpha value is -1.99. The molecule has 1 aromatic heterocycles. The van der Waals surface area contributed by atoms with Gasteiger partial charge in [0.05, 0.1) is 17.0 Å². The van der Waals surface area contributed by atoms with E-state index in [1.165, 1.54) is 55.3 Å². The molecule has 2 fully saturated rings. The lowest BCUT2D eigenvalue weighted by atomic mass is 9.62. The summed E-state index contributed by atoms with van der Waals surface area (Å²) in [5.74, 6) is 3.28. The Morgan fingerprint density at radius 3 is 2.60 bits per heavy atom. The van der Waals surface area contributed by atoms with Gasteiger partial charge in [0.2, 0.25) is 0 Å². The molecular formula is C26H30N2OS. The van der Waals surface area contributed by atoms with Gasteiger partial charge in [-0.25, -0.2) is 0 Å². The lowest BCUT2D eigenvalue weighted by Crippen LogP contribution is -2.42. The summed E-state index contributed by atoms with van der Waals surface area (Å²) >= 11 is 1.55. The summed E-state index contributed by atoms with van der Waals surface area (Å²) in [6, 6.07) is 9.18. The fraction of sp³-hybridized carbons (Fsp3) is 0.538. The number of terminal acetylenes is 1. The zero-order chi connectivity index (χ0) is 20.6. The van der Waals surface area contributed by atoms with E-state index < -0.39 is 0 Å². The maximum absolute atomic E-state index is 13.6. The van der Waals surface area contributed by atoms with Gasteiger partial charge in [0, 0.05) is 17.0 Å². The molecule has 0 atom stereocenters. The second kappa shape index (κ2) is 8.27. The number of thioether (sulfide) groups is 1. The fourth-order valence-electron chi connectivity index (χ4n) is 6.16. The molecule has 0 N–H and O–H groups in total. The van der Waals surface area contributed by atoms with Gasteiger partial charge in [0.1, 0.15) is 0 Å². The minimum Gasteiger partial charge on any atom is -0.317 e. The zero-order valence-electron chi connectivity index (χ0n) is 17.7. The van der Waals surface area contributed by atoms with Crippen molar-refractivity contribution in [3.63, 3.8) is 0 Å². The normalized spacial score (nSPS) is 20.4. The Morgan fingerprint density at radius 2 is 1.83 bits per heavy atom. The first-order valence-electron chi connectivity index (χ1n) is 11.5. The molecule has 0 bridgehead atoms. The van der Waals surface area contributed by atoms with Crippen LogP contribution in [0.5, 0.6) is 0 Å². The van der Waals surface area contributed by atoms with E-state index in [1.54, 1.807) is 11.8 Å². The molecule has 0 radical (unpaired) electrons. The minimum atomic E-state index is -0.0439. The molecule has 2 aromatic rings. The highest BCUT2D eigenvalue weighted by Gasteiger charge is 2.44. The van der Waals surface area contributed by atoms with Crippen molar-refractivity contribution < 1.29 is 0 Å². The summed E-state index contributed by atoms with van der Waals surface area (Å²) in [6.45, 7) is 0. The van der Waals surface area contributed by atoms with Crippen LogP contribution in [0.4, 0.5) is 0 Å². The number of benzene rings is 1. The third kappa shape index (κ3) is 3.32. The average molecular weight is 419 g/mol. The van der Waals surface area contributed by atoms with E-state index >= 15 is 0 Å². The van der Waals surface area contributed by atoms with Crippen molar-refractivity contribution >= 4 is 11.8 Å². The number of aromatic nitrogens is 2. The summed E-state index contributed by atoms with van der Waals surface area (Å²) in [4.78, 5) is 18.3. The van der Waals surface area contributed by atoms with Crippen LogP contribution in [0.1, 0.15) is 81.4 Å². The second-order valence-electron chi connectivity index (χ2n) is 9.25. The monoisotopic (exact) mass is 418 g/mol. The molecule has 156 valence electrons. The van der Waals surface area contributed by atoms with Crippen LogP contribution in [0.25, 0.3) is 11.3 Å². The first-order valence-corrected chi connectivity index (χ1v) is 12.5. The van der Waals surface area contributed by atoms with Crippen LogP contribution in [0.3, 0.4) is 0 Å². The van der Waals surface area contributed by atoms with Gasteiger partial charge in [-0.1, -0.05) is 80.5 Å². The third-order valence-electron chi connectivity index (χ3n) is 7.46. The van der Waals surface area contributed by atoms with Gasteiger partial charge >= 0.3 is 0 Å². The maximum Gasteiger partial charge on any atom is 0.278 e. The van der Waals surface area contributed by atoms with Crippen LogP contribution in [-0.2, 0) is 11.8 Å². The molecule has 5 rings (SSSR count). The molecule has 1 aromatic carbocycles. The van der Waals surface area contributed by atoms with Gasteiger partial charge in [-0.3, -0.25) is 4.79 Å². The van der Waals surface area contributed by atoms with Crippen LogP contribution < -0.4 is 5.56 Å². The quantitative estimate of drug-likeness (QED) is 0.354. The van der Waals surface area contributed by atoms with E-state index in [0.717, 1.165) is 42.8 Å². The third-order valence-corrected chi connectivity index (χ3v) is 8.32. The summed E-state index contributed by atoms with van der Waals surface area (Å²) in [7, 11) is 0. The molecule has 0 aliphatic heterocycles. The average Bonchev–Trinajstić information content (AvgIpc) is 2.78. The Balaban J connectivity index is 1.81. The van der Waals surface area contributed by atoms with Gasteiger partial charge in [0.25, 0.3) is 5.56 Å². The lowest BCUT2D eigenvalue weighted by Gasteiger charge is -2.44. The fourth-order valence-corrected chi connectivity index (χ4v) is 6.90. The number of fused-ring (bicyclic) bond motifs is 4. The highest BCUT2D eigenvalue weighted by Crippen LogP contribution is 2.50. The van der Waals surface area contributed by atoms with Gasteiger partial charge in [0.15, 0.2) is 5.16 Å². The molecule has 3 aliphatic rings. The Bertz CT molecular complexity index is 1040. The highest BCUT2D eigenvalue weighted by molar-refractivity contribution is 7.99. The standard InChI is InChI=1S/C26H30N2OS/c1-2-17-30-25-27-24(29)22-23(28(25)20-12-5-3-6-13-20)21-14-8-7-11-19(21)18-26(22)15-9-4-10-16-26/h1,7-8,11,14,20H,3-6,9-10,12-13,15-18H2.